The van der Waals surface area contributed by atoms with E-state index in [-0.39, 0.29) is 12.2 Å². The lowest BCUT2D eigenvalue weighted by atomic mass is 10.2. The molecule has 104 valence electrons. The standard InChI is InChI=1S/C15H12N4O2/c20-19(21)15-7-4-9-16-14(15)11-18-10-8-13(17-18)12-5-2-1-3-6-12/h1-10H,11H2. The lowest BCUT2D eigenvalue weighted by Crippen LogP contribution is -2.05. The van der Waals surface area contributed by atoms with Gasteiger partial charge >= 0.3 is 0 Å². The van der Waals surface area contributed by atoms with Crippen LogP contribution in [0.5, 0.6) is 0 Å². The minimum atomic E-state index is -0.427. The first-order valence-corrected chi connectivity index (χ1v) is 6.41. The van der Waals surface area contributed by atoms with Crippen LogP contribution in [-0.2, 0) is 6.54 Å². The zero-order chi connectivity index (χ0) is 14.7. The number of nitrogens with zero attached hydrogens (tertiary/aromatic N) is 4. The van der Waals surface area contributed by atoms with Crippen molar-refractivity contribution in [2.24, 2.45) is 0 Å². The summed E-state index contributed by atoms with van der Waals surface area (Å²) in [7, 11) is 0. The summed E-state index contributed by atoms with van der Waals surface area (Å²) in [5.74, 6) is 0. The highest BCUT2D eigenvalue weighted by atomic mass is 16.6. The zero-order valence-corrected chi connectivity index (χ0v) is 11.1. The van der Waals surface area contributed by atoms with Crippen LogP contribution in [0.2, 0.25) is 0 Å². The molecule has 1 aromatic carbocycles. The molecule has 0 aliphatic carbocycles. The fraction of sp³-hybridized carbons (Fsp3) is 0.0667. The van der Waals surface area contributed by atoms with Gasteiger partial charge in [0.05, 0.1) is 17.2 Å². The Bertz CT molecular complexity index is 768. The van der Waals surface area contributed by atoms with E-state index in [0.717, 1.165) is 11.3 Å². The number of nitro groups is 1. The van der Waals surface area contributed by atoms with Crippen LogP contribution in [0.3, 0.4) is 0 Å². The van der Waals surface area contributed by atoms with Gasteiger partial charge in [-0.1, -0.05) is 30.3 Å². The highest BCUT2D eigenvalue weighted by Crippen LogP contribution is 2.19. The minimum Gasteiger partial charge on any atom is -0.266 e. The molecule has 0 bridgehead atoms. The predicted molar refractivity (Wildman–Crippen MR) is 77.7 cm³/mol. The Morgan fingerprint density at radius 1 is 1.10 bits per heavy atom. The van der Waals surface area contributed by atoms with Crippen molar-refractivity contribution in [2.45, 2.75) is 6.54 Å². The summed E-state index contributed by atoms with van der Waals surface area (Å²) in [5.41, 5.74) is 2.24. The van der Waals surface area contributed by atoms with Gasteiger partial charge in [-0.3, -0.25) is 19.8 Å². The van der Waals surface area contributed by atoms with Gasteiger partial charge < -0.3 is 0 Å². The van der Waals surface area contributed by atoms with Gasteiger partial charge in [0.25, 0.3) is 5.69 Å². The summed E-state index contributed by atoms with van der Waals surface area (Å²) < 4.78 is 1.65. The van der Waals surface area contributed by atoms with Crippen molar-refractivity contribution in [3.8, 4) is 11.3 Å². The maximum absolute atomic E-state index is 11.0. The molecule has 0 saturated carbocycles. The monoisotopic (exact) mass is 280 g/mol. The third kappa shape index (κ3) is 2.79. The van der Waals surface area contributed by atoms with Crippen molar-refractivity contribution >= 4 is 5.69 Å². The van der Waals surface area contributed by atoms with E-state index in [9.17, 15) is 10.1 Å². The Balaban J connectivity index is 1.87. The number of benzene rings is 1. The molecule has 0 atom stereocenters. The summed E-state index contributed by atoms with van der Waals surface area (Å²) in [6.07, 6.45) is 3.34. The average molecular weight is 280 g/mol. The van der Waals surface area contributed by atoms with Gasteiger partial charge in [-0.2, -0.15) is 5.10 Å². The van der Waals surface area contributed by atoms with Gasteiger partial charge in [0.1, 0.15) is 5.69 Å². The van der Waals surface area contributed by atoms with Crippen LogP contribution in [0, 0.1) is 10.1 Å². The van der Waals surface area contributed by atoms with Crippen molar-refractivity contribution in [3.05, 3.63) is 76.7 Å². The Kier molecular flexibility index (Phi) is 3.42. The first-order chi connectivity index (χ1) is 10.2. The fourth-order valence-electron chi connectivity index (χ4n) is 2.08. The Morgan fingerprint density at radius 2 is 1.90 bits per heavy atom. The molecule has 6 nitrogen and oxygen atoms in total. The molecule has 0 fully saturated rings. The van der Waals surface area contributed by atoms with Gasteiger partial charge in [0, 0.05) is 24.0 Å². The van der Waals surface area contributed by atoms with Crippen LogP contribution < -0.4 is 0 Å². The number of hydrogen-bond acceptors (Lipinski definition) is 4. The smallest absolute Gasteiger partial charge is 0.266 e. The highest BCUT2D eigenvalue weighted by Gasteiger charge is 2.14. The average Bonchev–Trinajstić information content (AvgIpc) is 2.97. The first-order valence-electron chi connectivity index (χ1n) is 6.41. The fourth-order valence-corrected chi connectivity index (χ4v) is 2.08. The molecule has 0 N–H and O–H groups in total. The maximum atomic E-state index is 11.0. The number of aromatic nitrogens is 3. The predicted octanol–water partition coefficient (Wildman–Crippen LogP) is 2.90. The van der Waals surface area contributed by atoms with E-state index in [2.05, 4.69) is 10.1 Å². The number of rotatable bonds is 4. The lowest BCUT2D eigenvalue weighted by molar-refractivity contribution is -0.386. The van der Waals surface area contributed by atoms with Crippen LogP contribution >= 0.6 is 0 Å². The van der Waals surface area contributed by atoms with Gasteiger partial charge in [0.2, 0.25) is 0 Å². The van der Waals surface area contributed by atoms with Gasteiger partial charge in [-0.05, 0) is 12.1 Å². The summed E-state index contributed by atoms with van der Waals surface area (Å²) >= 11 is 0. The Labute approximate surface area is 120 Å². The summed E-state index contributed by atoms with van der Waals surface area (Å²) in [6.45, 7) is 0.268. The molecule has 0 spiro atoms. The van der Waals surface area contributed by atoms with E-state index in [0.29, 0.717) is 5.69 Å². The van der Waals surface area contributed by atoms with E-state index < -0.39 is 4.92 Å². The van der Waals surface area contributed by atoms with Crippen molar-refractivity contribution < 1.29 is 4.92 Å². The SMILES string of the molecule is O=[N+]([O-])c1cccnc1Cn1ccc(-c2ccccc2)n1. The second-order valence-electron chi connectivity index (χ2n) is 4.49. The van der Waals surface area contributed by atoms with Gasteiger partial charge in [0.15, 0.2) is 0 Å². The normalized spacial score (nSPS) is 10.5. The largest absolute Gasteiger partial charge is 0.292 e. The Morgan fingerprint density at radius 3 is 2.67 bits per heavy atom. The molecule has 3 aromatic rings. The van der Waals surface area contributed by atoms with E-state index in [1.54, 1.807) is 23.1 Å². The Hall–Kier alpha value is -3.02. The molecule has 6 heteroatoms. The minimum absolute atomic E-state index is 0.00858. The van der Waals surface area contributed by atoms with Crippen LogP contribution in [0.25, 0.3) is 11.3 Å². The molecule has 0 aliphatic rings. The van der Waals surface area contributed by atoms with Crippen molar-refractivity contribution in [3.63, 3.8) is 0 Å². The maximum Gasteiger partial charge on any atom is 0.292 e. The second-order valence-corrected chi connectivity index (χ2v) is 4.49. The first kappa shape index (κ1) is 13.0. The number of hydrogen-bond donors (Lipinski definition) is 0. The highest BCUT2D eigenvalue weighted by molar-refractivity contribution is 5.58. The summed E-state index contributed by atoms with van der Waals surface area (Å²) in [6, 6.07) is 14.6. The number of pyridine rings is 1. The third-order valence-electron chi connectivity index (χ3n) is 3.08. The second kappa shape index (κ2) is 5.54. The van der Waals surface area contributed by atoms with Crippen LogP contribution in [0.4, 0.5) is 5.69 Å². The molecule has 0 amide bonds. The molecule has 0 radical (unpaired) electrons. The van der Waals surface area contributed by atoms with Gasteiger partial charge in [-0.15, -0.1) is 0 Å². The zero-order valence-electron chi connectivity index (χ0n) is 11.1. The molecule has 21 heavy (non-hydrogen) atoms. The molecule has 2 aromatic heterocycles. The van der Waals surface area contributed by atoms with Crippen LogP contribution in [-0.4, -0.2) is 19.7 Å². The van der Waals surface area contributed by atoms with E-state index >= 15 is 0 Å². The van der Waals surface area contributed by atoms with Crippen molar-refractivity contribution in [2.75, 3.05) is 0 Å². The molecule has 0 aliphatic heterocycles. The quantitative estimate of drug-likeness (QED) is 0.544. The topological polar surface area (TPSA) is 73.8 Å². The molecule has 0 unspecified atom stereocenters. The summed E-state index contributed by atoms with van der Waals surface area (Å²) in [4.78, 5) is 14.6. The third-order valence-corrected chi connectivity index (χ3v) is 3.08. The van der Waals surface area contributed by atoms with Crippen molar-refractivity contribution in [1.82, 2.24) is 14.8 Å². The molecular weight excluding hydrogens is 268 g/mol. The summed E-state index contributed by atoms with van der Waals surface area (Å²) in [5, 5.41) is 15.4. The van der Waals surface area contributed by atoms with E-state index in [1.807, 2.05) is 36.4 Å². The van der Waals surface area contributed by atoms with Crippen LogP contribution in [0.15, 0.2) is 60.9 Å². The van der Waals surface area contributed by atoms with E-state index in [1.165, 1.54) is 6.07 Å². The van der Waals surface area contributed by atoms with Crippen LogP contribution in [0.1, 0.15) is 5.69 Å². The molecule has 3 rings (SSSR count). The van der Waals surface area contributed by atoms with E-state index in [4.69, 9.17) is 0 Å². The lowest BCUT2D eigenvalue weighted by Gasteiger charge is -2.02. The van der Waals surface area contributed by atoms with Crippen molar-refractivity contribution in [1.29, 1.82) is 0 Å². The molecule has 2 heterocycles. The molecule has 0 saturated heterocycles. The molecular formula is C15H12N4O2. The van der Waals surface area contributed by atoms with Gasteiger partial charge in [-0.25, -0.2) is 0 Å².